The monoisotopic (exact) mass is 268 g/mol. The number of thiophene rings is 1. The predicted octanol–water partition coefficient (Wildman–Crippen LogP) is 1.53. The van der Waals surface area contributed by atoms with Crippen LogP contribution in [-0.2, 0) is 0 Å². The van der Waals surface area contributed by atoms with Crippen LogP contribution in [0.3, 0.4) is 0 Å². The number of carbonyl (C=O) groups is 1. The highest BCUT2D eigenvalue weighted by atomic mass is 32.1. The van der Waals surface area contributed by atoms with Gasteiger partial charge in [0.05, 0.1) is 18.6 Å². The highest BCUT2D eigenvalue weighted by Crippen LogP contribution is 2.21. The number of hydrogen-bond acceptors (Lipinski definition) is 6. The zero-order valence-electron chi connectivity index (χ0n) is 9.89. The first-order valence-corrected chi connectivity index (χ1v) is 6.10. The fourth-order valence-corrected chi connectivity index (χ4v) is 1.96. The van der Waals surface area contributed by atoms with Gasteiger partial charge < -0.3 is 9.47 Å². The third kappa shape index (κ3) is 2.77. The van der Waals surface area contributed by atoms with Gasteiger partial charge in [-0.05, 0) is 6.92 Å². The summed E-state index contributed by atoms with van der Waals surface area (Å²) in [7, 11) is 1.55. The van der Waals surface area contributed by atoms with E-state index in [4.69, 9.17) is 9.47 Å². The van der Waals surface area contributed by atoms with E-state index in [2.05, 4.69) is 20.5 Å². The number of hydrogen-bond donors (Lipinski definition) is 2. The molecule has 2 heterocycles. The Morgan fingerprint density at radius 1 is 1.61 bits per heavy atom. The number of nitrogens with one attached hydrogen (secondary N) is 2. The molecule has 2 aromatic rings. The predicted molar refractivity (Wildman–Crippen MR) is 66.4 cm³/mol. The Morgan fingerprint density at radius 3 is 3.11 bits per heavy atom. The van der Waals surface area contributed by atoms with Crippen LogP contribution in [0.5, 0.6) is 11.8 Å². The number of carbonyl (C=O) groups excluding carboxylic acids is 1. The van der Waals surface area contributed by atoms with Crippen LogP contribution in [0.4, 0.5) is 5.95 Å². The molecule has 1 amide bonds. The molecule has 96 valence electrons. The van der Waals surface area contributed by atoms with E-state index in [0.29, 0.717) is 17.2 Å². The first kappa shape index (κ1) is 12.4. The molecule has 18 heavy (non-hydrogen) atoms. The van der Waals surface area contributed by atoms with Gasteiger partial charge >= 0.3 is 6.01 Å². The van der Waals surface area contributed by atoms with Crippen LogP contribution >= 0.6 is 11.3 Å². The van der Waals surface area contributed by atoms with E-state index >= 15 is 0 Å². The van der Waals surface area contributed by atoms with E-state index in [1.54, 1.807) is 18.6 Å². The van der Waals surface area contributed by atoms with Crippen molar-refractivity contribution in [1.29, 1.82) is 0 Å². The normalized spacial score (nSPS) is 10.1. The maximum Gasteiger partial charge on any atom is 0.337 e. The van der Waals surface area contributed by atoms with Gasteiger partial charge in [0.25, 0.3) is 5.91 Å². The van der Waals surface area contributed by atoms with Gasteiger partial charge in [0.2, 0.25) is 5.95 Å². The molecular weight excluding hydrogens is 256 g/mol. The zero-order valence-corrected chi connectivity index (χ0v) is 10.7. The SMILES string of the molecule is CCOc1n[nH]c(NC(=O)c2cc(OC)cs2)n1. The van der Waals surface area contributed by atoms with Crippen molar-refractivity contribution in [3.63, 3.8) is 0 Å². The van der Waals surface area contributed by atoms with Crippen molar-refractivity contribution in [3.05, 3.63) is 16.3 Å². The fraction of sp³-hybridized carbons (Fsp3) is 0.300. The third-order valence-electron chi connectivity index (χ3n) is 2.01. The van der Waals surface area contributed by atoms with Crippen LogP contribution in [0.1, 0.15) is 16.6 Å². The van der Waals surface area contributed by atoms with Gasteiger partial charge in [0.15, 0.2) is 0 Å². The molecular formula is C10H12N4O3S. The van der Waals surface area contributed by atoms with Crippen molar-refractivity contribution in [2.24, 2.45) is 0 Å². The van der Waals surface area contributed by atoms with E-state index in [9.17, 15) is 4.79 Å². The number of aromatic nitrogens is 3. The summed E-state index contributed by atoms with van der Waals surface area (Å²) in [5, 5.41) is 10.7. The molecule has 2 aromatic heterocycles. The number of H-pyrrole nitrogens is 1. The number of aromatic amines is 1. The zero-order chi connectivity index (χ0) is 13.0. The Labute approximate surface area is 107 Å². The highest BCUT2D eigenvalue weighted by molar-refractivity contribution is 7.12. The van der Waals surface area contributed by atoms with Crippen LogP contribution in [0.25, 0.3) is 0 Å². The maximum absolute atomic E-state index is 11.8. The average molecular weight is 268 g/mol. The number of methoxy groups -OCH3 is 1. The second-order valence-corrected chi connectivity index (χ2v) is 4.12. The minimum absolute atomic E-state index is 0.205. The third-order valence-corrected chi connectivity index (χ3v) is 2.91. The Kier molecular flexibility index (Phi) is 3.78. The summed E-state index contributed by atoms with van der Waals surface area (Å²) in [5.41, 5.74) is 0. The molecule has 0 unspecified atom stereocenters. The van der Waals surface area contributed by atoms with Gasteiger partial charge in [-0.15, -0.1) is 16.4 Å². The quantitative estimate of drug-likeness (QED) is 0.858. The van der Waals surface area contributed by atoms with E-state index < -0.39 is 0 Å². The molecule has 0 radical (unpaired) electrons. The number of nitrogens with zero attached hydrogens (tertiary/aromatic N) is 2. The first-order valence-electron chi connectivity index (χ1n) is 5.22. The minimum atomic E-state index is -0.275. The summed E-state index contributed by atoms with van der Waals surface area (Å²) in [4.78, 5) is 16.3. The van der Waals surface area contributed by atoms with Crippen molar-refractivity contribution >= 4 is 23.2 Å². The van der Waals surface area contributed by atoms with Gasteiger partial charge in [-0.3, -0.25) is 10.1 Å². The van der Waals surface area contributed by atoms with Crippen molar-refractivity contribution in [2.45, 2.75) is 6.92 Å². The fourth-order valence-electron chi connectivity index (χ4n) is 1.21. The number of rotatable bonds is 5. The Bertz CT molecular complexity index is 537. The largest absolute Gasteiger partial charge is 0.496 e. The lowest BCUT2D eigenvalue weighted by atomic mass is 10.4. The van der Waals surface area contributed by atoms with E-state index in [-0.39, 0.29) is 17.9 Å². The second-order valence-electron chi connectivity index (χ2n) is 3.20. The van der Waals surface area contributed by atoms with Gasteiger partial charge in [-0.25, -0.2) is 5.10 Å². The van der Waals surface area contributed by atoms with Gasteiger partial charge in [-0.1, -0.05) is 0 Å². The van der Waals surface area contributed by atoms with Gasteiger partial charge in [-0.2, -0.15) is 4.98 Å². The number of ether oxygens (including phenoxy) is 2. The topological polar surface area (TPSA) is 89.1 Å². The Morgan fingerprint density at radius 2 is 2.44 bits per heavy atom. The summed E-state index contributed by atoms with van der Waals surface area (Å²) in [6.45, 7) is 2.29. The van der Waals surface area contributed by atoms with E-state index in [0.717, 1.165) is 0 Å². The molecule has 0 atom stereocenters. The number of amides is 1. The molecule has 0 aromatic carbocycles. The minimum Gasteiger partial charge on any atom is -0.496 e. The van der Waals surface area contributed by atoms with Crippen LogP contribution in [0.2, 0.25) is 0 Å². The van der Waals surface area contributed by atoms with Crippen LogP contribution in [0, 0.1) is 0 Å². The molecule has 0 spiro atoms. The van der Waals surface area contributed by atoms with Crippen molar-refractivity contribution < 1.29 is 14.3 Å². The molecule has 2 rings (SSSR count). The Hall–Kier alpha value is -2.09. The summed E-state index contributed by atoms with van der Waals surface area (Å²) in [5.74, 6) is 0.621. The average Bonchev–Trinajstić information content (AvgIpc) is 2.98. The van der Waals surface area contributed by atoms with Gasteiger partial charge in [0, 0.05) is 11.4 Å². The smallest absolute Gasteiger partial charge is 0.337 e. The molecule has 7 nitrogen and oxygen atoms in total. The van der Waals surface area contributed by atoms with Crippen molar-refractivity contribution in [1.82, 2.24) is 15.2 Å². The van der Waals surface area contributed by atoms with E-state index in [1.807, 2.05) is 6.92 Å². The summed E-state index contributed by atoms with van der Waals surface area (Å²) < 4.78 is 10.1. The molecule has 2 N–H and O–H groups in total. The molecule has 0 saturated carbocycles. The molecule has 0 saturated heterocycles. The molecule has 0 bridgehead atoms. The maximum atomic E-state index is 11.8. The Balaban J connectivity index is 2.01. The molecule has 0 aliphatic carbocycles. The first-order chi connectivity index (χ1) is 8.72. The van der Waals surface area contributed by atoms with Crippen LogP contribution in [0.15, 0.2) is 11.4 Å². The lowest BCUT2D eigenvalue weighted by molar-refractivity contribution is 0.102. The molecule has 8 heteroatoms. The molecule has 0 fully saturated rings. The summed E-state index contributed by atoms with van der Waals surface area (Å²) >= 11 is 1.29. The standard InChI is InChI=1S/C10H12N4O3S/c1-3-17-10-12-9(13-14-10)11-8(15)7-4-6(16-2)5-18-7/h4-5H,3H2,1-2H3,(H2,11,12,13,14,15). The van der Waals surface area contributed by atoms with E-state index in [1.165, 1.54) is 11.3 Å². The summed E-state index contributed by atoms with van der Waals surface area (Å²) in [6, 6.07) is 1.86. The summed E-state index contributed by atoms with van der Waals surface area (Å²) in [6.07, 6.45) is 0. The molecule has 0 aliphatic rings. The van der Waals surface area contributed by atoms with Crippen LogP contribution < -0.4 is 14.8 Å². The number of anilines is 1. The highest BCUT2D eigenvalue weighted by Gasteiger charge is 2.12. The van der Waals surface area contributed by atoms with Crippen molar-refractivity contribution in [3.8, 4) is 11.8 Å². The lowest BCUT2D eigenvalue weighted by Gasteiger charge is -1.97. The van der Waals surface area contributed by atoms with Gasteiger partial charge in [0.1, 0.15) is 5.75 Å². The molecule has 0 aliphatic heterocycles. The second kappa shape index (κ2) is 5.50. The van der Waals surface area contributed by atoms with Crippen molar-refractivity contribution in [2.75, 3.05) is 19.0 Å². The lowest BCUT2D eigenvalue weighted by Crippen LogP contribution is -2.11. The van der Waals surface area contributed by atoms with Crippen LogP contribution in [-0.4, -0.2) is 34.8 Å².